The molecule has 0 spiro atoms. The topological polar surface area (TPSA) is 102 Å². The Bertz CT molecular complexity index is 818. The van der Waals surface area contributed by atoms with E-state index in [1.165, 1.54) is 30.0 Å². The van der Waals surface area contributed by atoms with Crippen LogP contribution in [0.4, 0.5) is 11.4 Å². The van der Waals surface area contributed by atoms with Gasteiger partial charge in [0.2, 0.25) is 0 Å². The SMILES string of the molecule is CC(Oc1ccccc1[N+](=O)[O-])C(=O)Nc1ccc(C(=O)N(C)C)cc1. The summed E-state index contributed by atoms with van der Waals surface area (Å²) in [5, 5.41) is 13.6. The van der Waals surface area contributed by atoms with Crippen molar-refractivity contribution >= 4 is 23.2 Å². The molecule has 136 valence electrons. The Morgan fingerprint density at radius 1 is 1.12 bits per heavy atom. The Balaban J connectivity index is 2.03. The Morgan fingerprint density at radius 3 is 2.31 bits per heavy atom. The molecule has 8 nitrogen and oxygen atoms in total. The van der Waals surface area contributed by atoms with Gasteiger partial charge in [0.15, 0.2) is 11.9 Å². The van der Waals surface area contributed by atoms with Crippen molar-refractivity contribution in [2.24, 2.45) is 0 Å². The zero-order valence-electron chi connectivity index (χ0n) is 14.6. The van der Waals surface area contributed by atoms with Gasteiger partial charge in [0, 0.05) is 31.4 Å². The zero-order valence-corrected chi connectivity index (χ0v) is 14.6. The zero-order chi connectivity index (χ0) is 19.3. The van der Waals surface area contributed by atoms with E-state index in [1.807, 2.05) is 0 Å². The highest BCUT2D eigenvalue weighted by Crippen LogP contribution is 2.27. The van der Waals surface area contributed by atoms with Crippen LogP contribution >= 0.6 is 0 Å². The standard InChI is InChI=1S/C18H19N3O5/c1-12(26-16-7-5-4-6-15(16)21(24)25)17(22)19-14-10-8-13(9-11-14)18(23)20(2)3/h4-12H,1-3H3,(H,19,22). The molecule has 0 saturated carbocycles. The van der Waals surface area contributed by atoms with Gasteiger partial charge in [-0.1, -0.05) is 12.1 Å². The Kier molecular flexibility index (Phi) is 5.90. The van der Waals surface area contributed by atoms with Crippen LogP contribution in [0.1, 0.15) is 17.3 Å². The maximum absolute atomic E-state index is 12.2. The van der Waals surface area contributed by atoms with Gasteiger partial charge < -0.3 is 15.0 Å². The van der Waals surface area contributed by atoms with Crippen LogP contribution in [0.25, 0.3) is 0 Å². The molecule has 0 aromatic heterocycles. The van der Waals surface area contributed by atoms with Gasteiger partial charge in [-0.2, -0.15) is 0 Å². The molecule has 0 bridgehead atoms. The van der Waals surface area contributed by atoms with E-state index in [0.29, 0.717) is 11.3 Å². The fourth-order valence-electron chi connectivity index (χ4n) is 2.15. The number of amides is 2. The second kappa shape index (κ2) is 8.11. The minimum Gasteiger partial charge on any atom is -0.474 e. The number of ether oxygens (including phenoxy) is 1. The van der Waals surface area contributed by atoms with Crippen LogP contribution in [0, 0.1) is 10.1 Å². The third-order valence-corrected chi connectivity index (χ3v) is 3.54. The molecule has 0 fully saturated rings. The van der Waals surface area contributed by atoms with E-state index >= 15 is 0 Å². The van der Waals surface area contributed by atoms with Crippen LogP contribution in [0.2, 0.25) is 0 Å². The molecule has 0 aliphatic heterocycles. The molecule has 0 aliphatic rings. The molecule has 8 heteroatoms. The van der Waals surface area contributed by atoms with Crippen LogP contribution < -0.4 is 10.1 Å². The lowest BCUT2D eigenvalue weighted by Gasteiger charge is -2.15. The fourth-order valence-corrected chi connectivity index (χ4v) is 2.15. The third kappa shape index (κ3) is 4.56. The van der Waals surface area contributed by atoms with E-state index in [2.05, 4.69) is 5.32 Å². The van der Waals surface area contributed by atoms with Crippen molar-refractivity contribution in [2.45, 2.75) is 13.0 Å². The fraction of sp³-hybridized carbons (Fsp3) is 0.222. The van der Waals surface area contributed by atoms with Crippen molar-refractivity contribution in [2.75, 3.05) is 19.4 Å². The first-order valence-corrected chi connectivity index (χ1v) is 7.82. The third-order valence-electron chi connectivity index (χ3n) is 3.54. The maximum Gasteiger partial charge on any atom is 0.310 e. The molecule has 0 radical (unpaired) electrons. The van der Waals surface area contributed by atoms with Gasteiger partial charge in [0.1, 0.15) is 0 Å². The number of nitrogens with one attached hydrogen (secondary N) is 1. The molecule has 0 heterocycles. The minimum absolute atomic E-state index is 0.0204. The van der Waals surface area contributed by atoms with Crippen molar-refractivity contribution in [3.63, 3.8) is 0 Å². The van der Waals surface area contributed by atoms with Crippen LogP contribution in [0.5, 0.6) is 5.75 Å². The lowest BCUT2D eigenvalue weighted by molar-refractivity contribution is -0.386. The van der Waals surface area contributed by atoms with Gasteiger partial charge in [-0.3, -0.25) is 19.7 Å². The number of carbonyl (C=O) groups is 2. The van der Waals surface area contributed by atoms with Crippen molar-refractivity contribution in [1.82, 2.24) is 4.90 Å². The van der Waals surface area contributed by atoms with Gasteiger partial charge in [0.05, 0.1) is 4.92 Å². The van der Waals surface area contributed by atoms with Crippen LogP contribution in [0.15, 0.2) is 48.5 Å². The molecule has 2 rings (SSSR count). The lowest BCUT2D eigenvalue weighted by Crippen LogP contribution is -2.30. The summed E-state index contributed by atoms with van der Waals surface area (Å²) in [7, 11) is 3.31. The Labute approximate surface area is 150 Å². The molecule has 0 aliphatic carbocycles. The van der Waals surface area contributed by atoms with Gasteiger partial charge in [-0.05, 0) is 37.3 Å². The second-order valence-corrected chi connectivity index (χ2v) is 5.75. The summed E-state index contributed by atoms with van der Waals surface area (Å²) in [6.07, 6.45) is -0.945. The number of para-hydroxylation sites is 2. The molecule has 2 aromatic rings. The van der Waals surface area contributed by atoms with Gasteiger partial charge >= 0.3 is 5.69 Å². The molecular formula is C18H19N3O5. The average Bonchev–Trinajstić information content (AvgIpc) is 2.61. The van der Waals surface area contributed by atoms with E-state index in [4.69, 9.17) is 4.74 Å². The number of rotatable bonds is 6. The molecule has 1 atom stereocenters. The van der Waals surface area contributed by atoms with E-state index in [1.54, 1.807) is 44.4 Å². The molecule has 26 heavy (non-hydrogen) atoms. The summed E-state index contributed by atoms with van der Waals surface area (Å²) in [6, 6.07) is 12.3. The van der Waals surface area contributed by atoms with Crippen molar-refractivity contribution < 1.29 is 19.2 Å². The van der Waals surface area contributed by atoms with Crippen LogP contribution in [0.3, 0.4) is 0 Å². The van der Waals surface area contributed by atoms with Gasteiger partial charge in [-0.25, -0.2) is 0 Å². The number of benzene rings is 2. The molecule has 2 amide bonds. The molecule has 0 saturated heterocycles. The first-order valence-electron chi connectivity index (χ1n) is 7.82. The second-order valence-electron chi connectivity index (χ2n) is 5.75. The normalized spacial score (nSPS) is 11.3. The van der Waals surface area contributed by atoms with E-state index in [9.17, 15) is 19.7 Å². The number of nitro groups is 1. The summed E-state index contributed by atoms with van der Waals surface area (Å²) in [5.41, 5.74) is 0.777. The number of hydrogen-bond acceptors (Lipinski definition) is 5. The highest BCUT2D eigenvalue weighted by Gasteiger charge is 2.20. The Hall–Kier alpha value is -3.42. The molecule has 2 aromatic carbocycles. The number of nitro benzene ring substituents is 1. The summed E-state index contributed by atoms with van der Waals surface area (Å²) < 4.78 is 5.42. The minimum atomic E-state index is -0.945. The van der Waals surface area contributed by atoms with Crippen molar-refractivity contribution in [3.8, 4) is 5.75 Å². The average molecular weight is 357 g/mol. The predicted octanol–water partition coefficient (Wildman–Crippen LogP) is 2.70. The highest BCUT2D eigenvalue weighted by atomic mass is 16.6. The van der Waals surface area contributed by atoms with Gasteiger partial charge in [0.25, 0.3) is 11.8 Å². The number of nitrogens with zero attached hydrogens (tertiary/aromatic N) is 2. The molecule has 1 unspecified atom stereocenters. The Morgan fingerprint density at radius 2 is 1.73 bits per heavy atom. The molecule has 1 N–H and O–H groups in total. The molecular weight excluding hydrogens is 338 g/mol. The summed E-state index contributed by atoms with van der Waals surface area (Å²) in [4.78, 5) is 36.0. The number of hydrogen-bond donors (Lipinski definition) is 1. The number of carbonyl (C=O) groups excluding carboxylic acids is 2. The quantitative estimate of drug-likeness (QED) is 0.632. The van der Waals surface area contributed by atoms with E-state index in [0.717, 1.165) is 0 Å². The maximum atomic E-state index is 12.2. The predicted molar refractivity (Wildman–Crippen MR) is 96.3 cm³/mol. The monoisotopic (exact) mass is 357 g/mol. The summed E-state index contributed by atoms with van der Waals surface area (Å²) in [6.45, 7) is 1.50. The summed E-state index contributed by atoms with van der Waals surface area (Å²) >= 11 is 0. The van der Waals surface area contributed by atoms with Crippen LogP contribution in [-0.4, -0.2) is 41.8 Å². The highest BCUT2D eigenvalue weighted by molar-refractivity contribution is 5.96. The van der Waals surface area contributed by atoms with E-state index < -0.39 is 16.9 Å². The van der Waals surface area contributed by atoms with Crippen molar-refractivity contribution in [3.05, 3.63) is 64.2 Å². The lowest BCUT2D eigenvalue weighted by atomic mass is 10.2. The van der Waals surface area contributed by atoms with Gasteiger partial charge in [-0.15, -0.1) is 0 Å². The summed E-state index contributed by atoms with van der Waals surface area (Å²) in [5.74, 6) is -0.585. The largest absolute Gasteiger partial charge is 0.474 e. The van der Waals surface area contributed by atoms with Crippen LogP contribution in [-0.2, 0) is 4.79 Å². The smallest absolute Gasteiger partial charge is 0.310 e. The first kappa shape index (κ1) is 18.9. The number of anilines is 1. The first-order chi connectivity index (χ1) is 12.3. The van der Waals surface area contributed by atoms with E-state index in [-0.39, 0.29) is 17.3 Å². The van der Waals surface area contributed by atoms with Crippen molar-refractivity contribution in [1.29, 1.82) is 0 Å².